The lowest BCUT2D eigenvalue weighted by Gasteiger charge is -2.45. The van der Waals surface area contributed by atoms with Crippen molar-refractivity contribution >= 4 is 11.3 Å². The van der Waals surface area contributed by atoms with Gasteiger partial charge in [-0.15, -0.1) is 11.3 Å². The van der Waals surface area contributed by atoms with Gasteiger partial charge in [-0.3, -0.25) is 9.88 Å². The van der Waals surface area contributed by atoms with Crippen LogP contribution in [0.5, 0.6) is 0 Å². The van der Waals surface area contributed by atoms with E-state index in [-0.39, 0.29) is 0 Å². The van der Waals surface area contributed by atoms with Crippen molar-refractivity contribution in [2.24, 2.45) is 5.92 Å². The SMILES string of the molecule is CC1(C2CC2)CNCCN1Cc1cncs1. The molecule has 88 valence electrons. The number of hydrogen-bond acceptors (Lipinski definition) is 4. The maximum absolute atomic E-state index is 4.17. The molecule has 0 aromatic carbocycles. The van der Waals surface area contributed by atoms with Crippen LogP contribution in [0.25, 0.3) is 0 Å². The van der Waals surface area contributed by atoms with E-state index in [0.29, 0.717) is 5.54 Å². The van der Waals surface area contributed by atoms with Crippen LogP contribution in [0.15, 0.2) is 11.7 Å². The van der Waals surface area contributed by atoms with Gasteiger partial charge in [-0.25, -0.2) is 0 Å². The summed E-state index contributed by atoms with van der Waals surface area (Å²) < 4.78 is 0. The zero-order valence-corrected chi connectivity index (χ0v) is 10.6. The Hall–Kier alpha value is -0.450. The van der Waals surface area contributed by atoms with Gasteiger partial charge in [-0.05, 0) is 25.7 Å². The fourth-order valence-electron chi connectivity index (χ4n) is 2.80. The monoisotopic (exact) mass is 237 g/mol. The molecule has 1 atom stereocenters. The maximum atomic E-state index is 4.17. The molecule has 2 aliphatic rings. The fraction of sp³-hybridized carbons (Fsp3) is 0.750. The molecule has 1 aromatic heterocycles. The summed E-state index contributed by atoms with van der Waals surface area (Å²) in [6.07, 6.45) is 4.84. The van der Waals surface area contributed by atoms with Crippen molar-refractivity contribution in [2.45, 2.75) is 31.8 Å². The molecule has 3 nitrogen and oxygen atoms in total. The summed E-state index contributed by atoms with van der Waals surface area (Å²) in [4.78, 5) is 8.23. The molecule has 1 unspecified atom stereocenters. The first-order valence-electron chi connectivity index (χ1n) is 6.12. The first kappa shape index (κ1) is 10.7. The fourth-order valence-corrected chi connectivity index (χ4v) is 3.41. The molecule has 16 heavy (non-hydrogen) atoms. The molecular formula is C12H19N3S. The van der Waals surface area contributed by atoms with Crippen LogP contribution in [0.1, 0.15) is 24.6 Å². The van der Waals surface area contributed by atoms with E-state index >= 15 is 0 Å². The van der Waals surface area contributed by atoms with Gasteiger partial charge in [0.05, 0.1) is 5.51 Å². The van der Waals surface area contributed by atoms with Crippen molar-refractivity contribution in [3.05, 3.63) is 16.6 Å². The molecule has 4 heteroatoms. The third-order valence-corrected chi connectivity index (χ3v) is 4.82. The lowest BCUT2D eigenvalue weighted by molar-refractivity contribution is 0.0493. The van der Waals surface area contributed by atoms with Gasteiger partial charge in [-0.2, -0.15) is 0 Å². The van der Waals surface area contributed by atoms with Crippen LogP contribution in [-0.2, 0) is 6.54 Å². The summed E-state index contributed by atoms with van der Waals surface area (Å²) in [6, 6.07) is 0. The highest BCUT2D eigenvalue weighted by atomic mass is 32.1. The number of aromatic nitrogens is 1. The first-order valence-corrected chi connectivity index (χ1v) is 7.00. The molecule has 1 aliphatic carbocycles. The molecule has 0 amide bonds. The van der Waals surface area contributed by atoms with Crippen LogP contribution < -0.4 is 5.32 Å². The van der Waals surface area contributed by atoms with E-state index in [9.17, 15) is 0 Å². The average Bonchev–Trinajstić information content (AvgIpc) is 3.03. The third-order valence-electron chi connectivity index (χ3n) is 4.05. The van der Waals surface area contributed by atoms with Crippen molar-refractivity contribution < 1.29 is 0 Å². The van der Waals surface area contributed by atoms with Crippen LogP contribution in [-0.4, -0.2) is 35.1 Å². The average molecular weight is 237 g/mol. The molecule has 1 aliphatic heterocycles. The van der Waals surface area contributed by atoms with E-state index in [0.717, 1.165) is 25.6 Å². The molecule has 0 spiro atoms. The van der Waals surface area contributed by atoms with E-state index in [1.54, 1.807) is 11.3 Å². The molecule has 1 saturated heterocycles. The molecule has 1 aromatic rings. The summed E-state index contributed by atoms with van der Waals surface area (Å²) in [6.45, 7) is 6.96. The van der Waals surface area contributed by atoms with Crippen LogP contribution in [0.3, 0.4) is 0 Å². The van der Waals surface area contributed by atoms with Gasteiger partial charge >= 0.3 is 0 Å². The Morgan fingerprint density at radius 1 is 1.62 bits per heavy atom. The predicted octanol–water partition coefficient (Wildman–Crippen LogP) is 1.72. The Kier molecular flexibility index (Phi) is 2.73. The van der Waals surface area contributed by atoms with Crippen LogP contribution in [0.2, 0.25) is 0 Å². The van der Waals surface area contributed by atoms with E-state index < -0.39 is 0 Å². The summed E-state index contributed by atoms with van der Waals surface area (Å²) in [5.74, 6) is 0.910. The topological polar surface area (TPSA) is 28.2 Å². The minimum Gasteiger partial charge on any atom is -0.314 e. The minimum absolute atomic E-state index is 0.377. The lowest BCUT2D eigenvalue weighted by atomic mass is 9.91. The quantitative estimate of drug-likeness (QED) is 0.867. The Bertz CT molecular complexity index is 347. The van der Waals surface area contributed by atoms with Gasteiger partial charge < -0.3 is 5.32 Å². The Labute approximate surface area is 101 Å². The highest BCUT2D eigenvalue weighted by Gasteiger charge is 2.46. The van der Waals surface area contributed by atoms with Crippen molar-refractivity contribution in [1.82, 2.24) is 15.2 Å². The Balaban J connectivity index is 1.75. The van der Waals surface area contributed by atoms with Crippen LogP contribution in [0, 0.1) is 5.92 Å². The van der Waals surface area contributed by atoms with Crippen LogP contribution >= 0.6 is 11.3 Å². The first-order chi connectivity index (χ1) is 7.79. The number of rotatable bonds is 3. The van der Waals surface area contributed by atoms with Crippen molar-refractivity contribution in [3.8, 4) is 0 Å². The Morgan fingerprint density at radius 3 is 3.19 bits per heavy atom. The third kappa shape index (κ3) is 1.90. The number of nitrogens with zero attached hydrogens (tertiary/aromatic N) is 2. The van der Waals surface area contributed by atoms with Gasteiger partial charge in [-0.1, -0.05) is 0 Å². The number of piperazine rings is 1. The Morgan fingerprint density at radius 2 is 2.50 bits per heavy atom. The van der Waals surface area contributed by atoms with E-state index in [2.05, 4.69) is 22.1 Å². The van der Waals surface area contributed by atoms with Crippen molar-refractivity contribution in [1.29, 1.82) is 0 Å². The van der Waals surface area contributed by atoms with Crippen molar-refractivity contribution in [3.63, 3.8) is 0 Å². The largest absolute Gasteiger partial charge is 0.314 e. The summed E-state index contributed by atoms with van der Waals surface area (Å²) in [5.41, 5.74) is 2.31. The molecule has 2 fully saturated rings. The van der Waals surface area contributed by atoms with Gasteiger partial charge in [0.25, 0.3) is 0 Å². The second-order valence-corrected chi connectivity index (χ2v) is 6.17. The van der Waals surface area contributed by atoms with E-state index in [4.69, 9.17) is 0 Å². The van der Waals surface area contributed by atoms with Crippen LogP contribution in [0.4, 0.5) is 0 Å². The normalized spacial score (nSPS) is 31.8. The van der Waals surface area contributed by atoms with Gasteiger partial charge in [0, 0.05) is 42.8 Å². The van der Waals surface area contributed by atoms with Gasteiger partial charge in [0.15, 0.2) is 0 Å². The van der Waals surface area contributed by atoms with Crippen molar-refractivity contribution in [2.75, 3.05) is 19.6 Å². The number of nitrogens with one attached hydrogen (secondary N) is 1. The maximum Gasteiger partial charge on any atom is 0.0794 e. The number of hydrogen-bond donors (Lipinski definition) is 1. The van der Waals surface area contributed by atoms with Gasteiger partial charge in [0.1, 0.15) is 0 Å². The summed E-state index contributed by atoms with van der Waals surface area (Å²) in [5, 5.41) is 3.55. The predicted molar refractivity (Wildman–Crippen MR) is 66.5 cm³/mol. The zero-order valence-electron chi connectivity index (χ0n) is 9.78. The molecule has 3 rings (SSSR count). The minimum atomic E-state index is 0.377. The molecule has 1 N–H and O–H groups in total. The standard InChI is InChI=1S/C12H19N3S/c1-12(10-2-3-10)8-13-4-5-15(12)7-11-6-14-9-16-11/h6,9-10,13H,2-5,7-8H2,1H3. The zero-order chi connectivity index (χ0) is 11.0. The molecule has 0 bridgehead atoms. The lowest BCUT2D eigenvalue weighted by Crippen LogP contribution is -2.60. The molecule has 0 radical (unpaired) electrons. The molecule has 1 saturated carbocycles. The van der Waals surface area contributed by atoms with E-state index in [1.807, 2.05) is 11.7 Å². The second kappa shape index (κ2) is 4.09. The molecular weight excluding hydrogens is 218 g/mol. The van der Waals surface area contributed by atoms with Gasteiger partial charge in [0.2, 0.25) is 0 Å². The second-order valence-electron chi connectivity index (χ2n) is 5.20. The summed E-state index contributed by atoms with van der Waals surface area (Å²) >= 11 is 1.78. The highest BCUT2D eigenvalue weighted by molar-refractivity contribution is 7.09. The number of thiazole rings is 1. The van der Waals surface area contributed by atoms with E-state index in [1.165, 1.54) is 24.3 Å². The molecule has 2 heterocycles. The smallest absolute Gasteiger partial charge is 0.0794 e. The highest BCUT2D eigenvalue weighted by Crippen LogP contribution is 2.44. The summed E-state index contributed by atoms with van der Waals surface area (Å²) in [7, 11) is 0.